The van der Waals surface area contributed by atoms with Gasteiger partial charge < -0.3 is 10.2 Å². The van der Waals surface area contributed by atoms with Gasteiger partial charge in [0.15, 0.2) is 0 Å². The molecule has 1 aromatic heterocycles. The molecule has 3 saturated heterocycles. The predicted molar refractivity (Wildman–Crippen MR) is 88.8 cm³/mol. The number of hydrogen-bond acceptors (Lipinski definition) is 4. The highest BCUT2D eigenvalue weighted by atomic mass is 16.2. The lowest BCUT2D eigenvalue weighted by Crippen LogP contribution is -2.51. The van der Waals surface area contributed by atoms with Crippen molar-refractivity contribution in [3.63, 3.8) is 0 Å². The maximum Gasteiger partial charge on any atom is 0.322 e. The minimum atomic E-state index is -0.0410. The quantitative estimate of drug-likeness (QED) is 0.851. The fourth-order valence-electron chi connectivity index (χ4n) is 3.86. The lowest BCUT2D eigenvalue weighted by atomic mass is 9.95. The lowest BCUT2D eigenvalue weighted by Gasteiger charge is -2.42. The van der Waals surface area contributed by atoms with Crippen molar-refractivity contribution in [1.82, 2.24) is 24.9 Å². The van der Waals surface area contributed by atoms with E-state index in [9.17, 15) is 9.59 Å². The zero-order chi connectivity index (χ0) is 16.7. The van der Waals surface area contributed by atoms with Crippen LogP contribution in [0.4, 0.5) is 10.5 Å². The normalized spacial score (nSPS) is 26.0. The predicted octanol–water partition coefficient (Wildman–Crippen LogP) is 0.138. The van der Waals surface area contributed by atoms with E-state index in [1.165, 1.54) is 0 Å². The van der Waals surface area contributed by atoms with E-state index < -0.39 is 0 Å². The minimum Gasteiger partial charge on any atom is -0.345 e. The molecule has 4 rings (SSSR count). The fourth-order valence-corrected chi connectivity index (χ4v) is 3.86. The zero-order valence-corrected chi connectivity index (χ0v) is 14.0. The summed E-state index contributed by atoms with van der Waals surface area (Å²) < 4.78 is 1.98. The Morgan fingerprint density at radius 1 is 1.29 bits per heavy atom. The number of carbonyl (C=O) groups excluding carboxylic acids is 2. The van der Waals surface area contributed by atoms with E-state index >= 15 is 0 Å². The number of rotatable bonds is 4. The number of nitrogens with zero attached hydrogens (tertiary/aromatic N) is 5. The summed E-state index contributed by atoms with van der Waals surface area (Å²) in [6.45, 7) is 5.30. The summed E-state index contributed by atoms with van der Waals surface area (Å²) >= 11 is 0. The van der Waals surface area contributed by atoms with E-state index in [1.54, 1.807) is 11.1 Å². The van der Waals surface area contributed by atoms with Gasteiger partial charge in [-0.2, -0.15) is 5.10 Å². The third kappa shape index (κ3) is 2.86. The molecule has 0 spiro atoms. The van der Waals surface area contributed by atoms with Gasteiger partial charge in [0.1, 0.15) is 0 Å². The van der Waals surface area contributed by atoms with Crippen molar-refractivity contribution < 1.29 is 9.59 Å². The summed E-state index contributed by atoms with van der Waals surface area (Å²) in [6, 6.07) is 0.341. The second-order valence-corrected chi connectivity index (χ2v) is 7.11. The number of amides is 3. The number of carbonyl (C=O) groups is 2. The van der Waals surface area contributed by atoms with Gasteiger partial charge in [-0.1, -0.05) is 0 Å². The van der Waals surface area contributed by atoms with Crippen molar-refractivity contribution in [2.75, 3.05) is 51.2 Å². The van der Waals surface area contributed by atoms with Gasteiger partial charge in [-0.3, -0.25) is 19.3 Å². The number of anilines is 1. The first-order valence-corrected chi connectivity index (χ1v) is 8.66. The standard InChI is InChI=1S/C16H24N6O2/c1-19-7-12(2-3-15(19)23)8-20-9-14(10-20)22-11-13(6-18-22)21-5-4-17-16(21)24/h6,11-12,14H,2-5,7-10H2,1H3,(H,17,24). The van der Waals surface area contributed by atoms with Crippen molar-refractivity contribution in [1.29, 1.82) is 0 Å². The number of urea groups is 1. The lowest BCUT2D eigenvalue weighted by molar-refractivity contribution is -0.133. The average Bonchev–Trinajstić information content (AvgIpc) is 3.14. The molecule has 4 heterocycles. The number of piperidine rings is 1. The van der Waals surface area contributed by atoms with Crippen molar-refractivity contribution in [2.24, 2.45) is 5.92 Å². The topological polar surface area (TPSA) is 73.7 Å². The van der Waals surface area contributed by atoms with E-state index in [2.05, 4.69) is 15.3 Å². The maximum absolute atomic E-state index is 11.7. The Bertz CT molecular complexity index is 638. The Hall–Kier alpha value is -2.09. The molecule has 130 valence electrons. The van der Waals surface area contributed by atoms with Gasteiger partial charge in [-0.05, 0) is 12.3 Å². The Morgan fingerprint density at radius 3 is 2.83 bits per heavy atom. The highest BCUT2D eigenvalue weighted by Gasteiger charge is 2.33. The third-order valence-electron chi connectivity index (χ3n) is 5.31. The number of nitrogens with one attached hydrogen (secondary N) is 1. The van der Waals surface area contributed by atoms with E-state index in [0.29, 0.717) is 31.5 Å². The summed E-state index contributed by atoms with van der Waals surface area (Å²) in [6.07, 6.45) is 5.43. The molecular formula is C16H24N6O2. The molecule has 3 fully saturated rings. The van der Waals surface area contributed by atoms with Crippen molar-refractivity contribution in [3.8, 4) is 0 Å². The summed E-state index contributed by atoms with van der Waals surface area (Å²) in [7, 11) is 1.90. The second kappa shape index (κ2) is 6.08. The monoisotopic (exact) mass is 332 g/mol. The molecule has 24 heavy (non-hydrogen) atoms. The zero-order valence-electron chi connectivity index (χ0n) is 14.0. The largest absolute Gasteiger partial charge is 0.345 e. The molecule has 3 aliphatic rings. The van der Waals surface area contributed by atoms with Gasteiger partial charge >= 0.3 is 6.03 Å². The Balaban J connectivity index is 1.28. The molecule has 0 radical (unpaired) electrons. The molecule has 1 aromatic rings. The van der Waals surface area contributed by atoms with Crippen LogP contribution in [0.2, 0.25) is 0 Å². The average molecular weight is 332 g/mol. The van der Waals surface area contributed by atoms with Crippen LogP contribution in [0.25, 0.3) is 0 Å². The Morgan fingerprint density at radius 2 is 2.12 bits per heavy atom. The van der Waals surface area contributed by atoms with Crippen molar-refractivity contribution in [2.45, 2.75) is 18.9 Å². The van der Waals surface area contributed by atoms with Crippen LogP contribution in [-0.4, -0.2) is 77.8 Å². The summed E-state index contributed by atoms with van der Waals surface area (Å²) in [5, 5.41) is 7.24. The van der Waals surface area contributed by atoms with Crippen LogP contribution in [-0.2, 0) is 4.79 Å². The summed E-state index contributed by atoms with van der Waals surface area (Å²) in [4.78, 5) is 29.3. The van der Waals surface area contributed by atoms with E-state index in [4.69, 9.17) is 0 Å². The smallest absolute Gasteiger partial charge is 0.322 e. The molecule has 3 amide bonds. The molecule has 1 atom stereocenters. The van der Waals surface area contributed by atoms with Crippen LogP contribution in [0.5, 0.6) is 0 Å². The fraction of sp³-hybridized carbons (Fsp3) is 0.688. The summed E-state index contributed by atoms with van der Waals surface area (Å²) in [5.41, 5.74) is 0.871. The van der Waals surface area contributed by atoms with Crippen LogP contribution in [0.15, 0.2) is 12.4 Å². The third-order valence-corrected chi connectivity index (χ3v) is 5.31. The van der Waals surface area contributed by atoms with Crippen LogP contribution < -0.4 is 10.2 Å². The van der Waals surface area contributed by atoms with Gasteiger partial charge in [-0.15, -0.1) is 0 Å². The Labute approximate surface area is 141 Å². The molecule has 1 N–H and O–H groups in total. The van der Waals surface area contributed by atoms with Crippen LogP contribution in [0.3, 0.4) is 0 Å². The van der Waals surface area contributed by atoms with Crippen molar-refractivity contribution >= 4 is 17.6 Å². The van der Waals surface area contributed by atoms with Gasteiger partial charge in [0, 0.05) is 58.9 Å². The first kappa shape index (κ1) is 15.4. The minimum absolute atomic E-state index is 0.0410. The van der Waals surface area contributed by atoms with Gasteiger partial charge in [0.2, 0.25) is 5.91 Å². The van der Waals surface area contributed by atoms with Gasteiger partial charge in [0.25, 0.3) is 0 Å². The van der Waals surface area contributed by atoms with E-state index in [0.717, 1.165) is 38.3 Å². The highest BCUT2D eigenvalue weighted by Crippen LogP contribution is 2.26. The van der Waals surface area contributed by atoms with E-state index in [1.807, 2.05) is 22.8 Å². The van der Waals surface area contributed by atoms with Crippen LogP contribution in [0.1, 0.15) is 18.9 Å². The molecule has 0 bridgehead atoms. The molecule has 0 aromatic carbocycles. The second-order valence-electron chi connectivity index (χ2n) is 7.11. The molecular weight excluding hydrogens is 308 g/mol. The number of likely N-dealkylation sites (tertiary alicyclic amines) is 2. The van der Waals surface area contributed by atoms with Gasteiger partial charge in [0.05, 0.1) is 17.9 Å². The number of aromatic nitrogens is 2. The molecule has 0 aliphatic carbocycles. The van der Waals surface area contributed by atoms with Crippen LogP contribution in [0, 0.1) is 5.92 Å². The first-order chi connectivity index (χ1) is 11.6. The molecule has 3 aliphatic heterocycles. The van der Waals surface area contributed by atoms with Crippen LogP contribution >= 0.6 is 0 Å². The molecule has 8 heteroatoms. The van der Waals surface area contributed by atoms with E-state index in [-0.39, 0.29) is 11.9 Å². The molecule has 1 unspecified atom stereocenters. The Kier molecular flexibility index (Phi) is 3.91. The van der Waals surface area contributed by atoms with Gasteiger partial charge in [-0.25, -0.2) is 4.79 Å². The van der Waals surface area contributed by atoms with Crippen molar-refractivity contribution in [3.05, 3.63) is 12.4 Å². The number of hydrogen-bond donors (Lipinski definition) is 1. The maximum atomic E-state index is 11.7. The SMILES string of the molecule is CN1CC(CN2CC(n3cc(N4CCNC4=O)cn3)C2)CCC1=O. The highest BCUT2D eigenvalue weighted by molar-refractivity contribution is 5.93. The molecule has 8 nitrogen and oxygen atoms in total. The molecule has 0 saturated carbocycles. The summed E-state index contributed by atoms with van der Waals surface area (Å²) in [5.74, 6) is 0.845. The first-order valence-electron chi connectivity index (χ1n) is 8.66.